The molecule has 158 valence electrons. The Bertz CT molecular complexity index is 996. The zero-order valence-electron chi connectivity index (χ0n) is 15.1. The number of aromatic nitrogens is 1. The van der Waals surface area contributed by atoms with Gasteiger partial charge in [0.2, 0.25) is 11.8 Å². The van der Waals surface area contributed by atoms with Crippen molar-refractivity contribution in [2.75, 3.05) is 0 Å². The number of ether oxygens (including phenoxy) is 1. The average molecular weight is 431 g/mol. The van der Waals surface area contributed by atoms with E-state index in [4.69, 9.17) is 4.74 Å². The fraction of sp³-hybridized carbons (Fsp3) is 0.611. The lowest BCUT2D eigenvalue weighted by molar-refractivity contribution is -0.169. The van der Waals surface area contributed by atoms with Crippen molar-refractivity contribution >= 4 is 16.1 Å². The van der Waals surface area contributed by atoms with Gasteiger partial charge < -0.3 is 14.9 Å². The van der Waals surface area contributed by atoms with Gasteiger partial charge in [-0.3, -0.25) is 4.28 Å². The summed E-state index contributed by atoms with van der Waals surface area (Å²) >= 11 is 0. The van der Waals surface area contributed by atoms with E-state index < -0.39 is 39.2 Å². The normalized spacial score (nSPS) is 32.0. The predicted molar refractivity (Wildman–Crippen MR) is 92.8 cm³/mol. The van der Waals surface area contributed by atoms with Crippen molar-refractivity contribution in [1.29, 1.82) is 0 Å². The van der Waals surface area contributed by atoms with E-state index in [2.05, 4.69) is 4.28 Å². The van der Waals surface area contributed by atoms with E-state index in [1.807, 2.05) is 0 Å². The Morgan fingerprint density at radius 3 is 2.21 bits per heavy atom. The molecule has 4 bridgehead atoms. The summed E-state index contributed by atoms with van der Waals surface area (Å²) in [5.41, 5.74) is 0.469. The van der Waals surface area contributed by atoms with Gasteiger partial charge in [0.15, 0.2) is 0 Å². The van der Waals surface area contributed by atoms with E-state index in [1.54, 1.807) is 12.2 Å². The molecule has 29 heavy (non-hydrogen) atoms. The maximum Gasteiger partial charge on any atom is 0.478 e. The third-order valence-corrected chi connectivity index (χ3v) is 7.78. The van der Waals surface area contributed by atoms with Gasteiger partial charge >= 0.3 is 21.3 Å². The standard InChI is InChI=1S/C18H19F2NO7S/c19-18(20,17(24)27-12-6-8-1-2-9(12)5-8)29(25,26)28-21-15(22)13-10-3-4-11(7-10)14(13)16(21)23/h3-4,8-12,22-23H,1-2,5-7H2. The van der Waals surface area contributed by atoms with Crippen LogP contribution in [0.4, 0.5) is 8.78 Å². The zero-order valence-corrected chi connectivity index (χ0v) is 15.9. The van der Waals surface area contributed by atoms with Crippen LogP contribution in [0, 0.1) is 11.8 Å². The molecule has 2 N–H and O–H groups in total. The summed E-state index contributed by atoms with van der Waals surface area (Å²) in [5, 5.41) is 15.5. The Morgan fingerprint density at radius 2 is 1.69 bits per heavy atom. The van der Waals surface area contributed by atoms with Gasteiger partial charge in [0, 0.05) is 23.0 Å². The summed E-state index contributed by atoms with van der Waals surface area (Å²) in [6.45, 7) is 0. The number of hydrogen-bond acceptors (Lipinski definition) is 7. The van der Waals surface area contributed by atoms with Crippen LogP contribution in [-0.4, -0.2) is 40.7 Å². The van der Waals surface area contributed by atoms with Crippen molar-refractivity contribution in [3.05, 3.63) is 23.3 Å². The molecule has 5 rings (SSSR count). The molecule has 0 amide bonds. The van der Waals surface area contributed by atoms with Crippen LogP contribution in [0.2, 0.25) is 0 Å². The fourth-order valence-electron chi connectivity index (χ4n) is 5.27. The number of esters is 1. The minimum absolute atomic E-state index is 0.0326. The number of alkyl halides is 2. The Hall–Kier alpha value is -2.30. The second-order valence-electron chi connectivity index (χ2n) is 8.27. The van der Waals surface area contributed by atoms with Crippen molar-refractivity contribution < 1.29 is 41.2 Å². The minimum atomic E-state index is -5.90. The second kappa shape index (κ2) is 5.87. The molecule has 8 nitrogen and oxygen atoms in total. The van der Waals surface area contributed by atoms with Gasteiger partial charge in [0.25, 0.3) is 0 Å². The van der Waals surface area contributed by atoms with Crippen LogP contribution in [0.25, 0.3) is 0 Å². The summed E-state index contributed by atoms with van der Waals surface area (Å²) in [4.78, 5) is 12.0. The van der Waals surface area contributed by atoms with Gasteiger partial charge in [-0.25, -0.2) is 4.79 Å². The highest BCUT2D eigenvalue weighted by Gasteiger charge is 2.59. The van der Waals surface area contributed by atoms with Crippen molar-refractivity contribution in [3.8, 4) is 11.8 Å². The van der Waals surface area contributed by atoms with Gasteiger partial charge in [-0.2, -0.15) is 17.2 Å². The van der Waals surface area contributed by atoms with E-state index in [0.717, 1.165) is 19.3 Å². The molecule has 1 aromatic heterocycles. The van der Waals surface area contributed by atoms with Crippen LogP contribution in [-0.2, 0) is 19.6 Å². The summed E-state index contributed by atoms with van der Waals surface area (Å²) in [7, 11) is -5.90. The first-order valence-corrected chi connectivity index (χ1v) is 10.9. The van der Waals surface area contributed by atoms with Crippen LogP contribution in [0.5, 0.6) is 11.8 Å². The molecule has 4 aliphatic rings. The molecule has 0 aliphatic heterocycles. The number of hydrogen-bond donors (Lipinski definition) is 2. The van der Waals surface area contributed by atoms with Gasteiger partial charge in [-0.1, -0.05) is 16.9 Å². The minimum Gasteiger partial charge on any atom is -0.492 e. The van der Waals surface area contributed by atoms with Crippen molar-refractivity contribution in [2.24, 2.45) is 11.8 Å². The lowest BCUT2D eigenvalue weighted by Gasteiger charge is -2.24. The van der Waals surface area contributed by atoms with Gasteiger partial charge in [-0.15, -0.1) is 0 Å². The molecule has 1 aromatic rings. The maximum absolute atomic E-state index is 14.4. The van der Waals surface area contributed by atoms with Crippen LogP contribution in [0.15, 0.2) is 12.2 Å². The van der Waals surface area contributed by atoms with E-state index in [0.29, 0.717) is 18.8 Å². The molecule has 0 aromatic carbocycles. The Morgan fingerprint density at radius 1 is 1.07 bits per heavy atom. The second-order valence-corrected chi connectivity index (χ2v) is 9.84. The largest absolute Gasteiger partial charge is 0.492 e. The van der Waals surface area contributed by atoms with Crippen LogP contribution in [0.3, 0.4) is 0 Å². The van der Waals surface area contributed by atoms with Crippen molar-refractivity contribution in [2.45, 2.75) is 55.3 Å². The monoisotopic (exact) mass is 431 g/mol. The third kappa shape index (κ3) is 2.52. The lowest BCUT2D eigenvalue weighted by Crippen LogP contribution is -2.45. The van der Waals surface area contributed by atoms with E-state index in [1.165, 1.54) is 0 Å². The molecule has 4 aliphatic carbocycles. The topological polar surface area (TPSA) is 115 Å². The molecule has 0 radical (unpaired) electrons. The summed E-state index contributed by atoms with van der Waals surface area (Å²) in [5.74, 6) is -4.04. The first-order valence-electron chi connectivity index (χ1n) is 9.48. The van der Waals surface area contributed by atoms with Gasteiger partial charge in [0.1, 0.15) is 6.10 Å². The number of nitrogens with zero attached hydrogens (tertiary/aromatic N) is 1. The highest BCUT2D eigenvalue weighted by molar-refractivity contribution is 7.88. The molecule has 5 atom stereocenters. The van der Waals surface area contributed by atoms with Gasteiger partial charge in [0.05, 0.1) is 0 Å². The number of halogens is 2. The molecular weight excluding hydrogens is 412 g/mol. The summed E-state index contributed by atoms with van der Waals surface area (Å²) in [6, 6.07) is 0. The number of carbonyl (C=O) groups is 1. The van der Waals surface area contributed by atoms with E-state index in [-0.39, 0.29) is 33.6 Å². The van der Waals surface area contributed by atoms with Crippen LogP contribution in [0.1, 0.15) is 55.1 Å². The molecule has 2 fully saturated rings. The number of aromatic hydroxyl groups is 2. The molecule has 0 saturated heterocycles. The highest BCUT2D eigenvalue weighted by Crippen LogP contribution is 2.56. The number of rotatable bonds is 5. The lowest BCUT2D eigenvalue weighted by atomic mass is 9.98. The smallest absolute Gasteiger partial charge is 0.478 e. The highest BCUT2D eigenvalue weighted by atomic mass is 32.2. The Labute approximate surface area is 164 Å². The number of carbonyl (C=O) groups excluding carboxylic acids is 1. The summed E-state index contributed by atoms with van der Waals surface area (Å²) in [6.07, 6.45) is 6.31. The van der Waals surface area contributed by atoms with Crippen LogP contribution >= 0.6 is 0 Å². The number of fused-ring (bicyclic) bond motifs is 7. The third-order valence-electron chi connectivity index (χ3n) is 6.64. The van der Waals surface area contributed by atoms with Crippen molar-refractivity contribution in [1.82, 2.24) is 4.73 Å². The maximum atomic E-state index is 14.4. The zero-order chi connectivity index (χ0) is 20.7. The quantitative estimate of drug-likeness (QED) is 0.542. The van der Waals surface area contributed by atoms with E-state index >= 15 is 0 Å². The Balaban J connectivity index is 1.38. The fourth-order valence-corrected chi connectivity index (χ4v) is 5.96. The van der Waals surface area contributed by atoms with Crippen molar-refractivity contribution in [3.63, 3.8) is 0 Å². The molecule has 2 saturated carbocycles. The van der Waals surface area contributed by atoms with E-state index in [9.17, 15) is 32.2 Å². The average Bonchev–Trinajstić information content (AvgIpc) is 3.46. The molecule has 5 unspecified atom stereocenters. The Kier molecular flexibility index (Phi) is 3.78. The number of allylic oxidation sites excluding steroid dienone is 2. The molecular formula is C18H19F2NO7S. The first kappa shape index (κ1) is 18.7. The first-order chi connectivity index (χ1) is 13.6. The summed E-state index contributed by atoms with van der Waals surface area (Å²) < 4.78 is 62.4. The molecule has 1 heterocycles. The van der Waals surface area contributed by atoms with Crippen LogP contribution < -0.4 is 4.28 Å². The molecule has 0 spiro atoms. The predicted octanol–water partition coefficient (Wildman–Crippen LogP) is 2.12. The SMILES string of the molecule is O=C(OC1CC2CCC1C2)C(F)(F)S(=O)(=O)On1c(O)c2c(c1O)C1C=CC2C1. The molecule has 11 heteroatoms. The van der Waals surface area contributed by atoms with Gasteiger partial charge in [-0.05, 0) is 43.9 Å².